The van der Waals surface area contributed by atoms with Gasteiger partial charge in [0, 0.05) is 11.8 Å². The van der Waals surface area contributed by atoms with E-state index in [0.717, 1.165) is 11.3 Å². The Morgan fingerprint density at radius 2 is 1.86 bits per heavy atom. The Morgan fingerprint density at radius 1 is 1.07 bits per heavy atom. The van der Waals surface area contributed by atoms with Crippen LogP contribution < -0.4 is 0 Å². The third-order valence-corrected chi connectivity index (χ3v) is 1.92. The van der Waals surface area contributed by atoms with Gasteiger partial charge < -0.3 is 5.11 Å². The van der Waals surface area contributed by atoms with Gasteiger partial charge in [-0.2, -0.15) is 0 Å². The third kappa shape index (κ3) is 1.78. The molecular weight excluding hydrogens is 176 g/mol. The molecule has 2 rings (SSSR count). The second-order valence-electron chi connectivity index (χ2n) is 2.88. The standard InChI is InChI=1S/C11H10N2O/c14-8-11-12-7-6-10(13-11)9-4-2-1-3-5-9/h1-7,14H,8H2. The Bertz CT molecular complexity index is 415. The molecule has 2 aromatic rings. The van der Waals surface area contributed by atoms with E-state index in [1.165, 1.54) is 0 Å². The summed E-state index contributed by atoms with van der Waals surface area (Å²) in [4.78, 5) is 8.12. The molecular formula is C11H10N2O. The molecule has 0 saturated carbocycles. The molecule has 14 heavy (non-hydrogen) atoms. The Hall–Kier alpha value is -1.74. The van der Waals surface area contributed by atoms with Crippen LogP contribution >= 0.6 is 0 Å². The lowest BCUT2D eigenvalue weighted by atomic mass is 10.1. The van der Waals surface area contributed by atoms with Crippen LogP contribution in [0, 0.1) is 0 Å². The van der Waals surface area contributed by atoms with Crippen LogP contribution in [-0.2, 0) is 6.61 Å². The predicted molar refractivity (Wildman–Crippen MR) is 53.4 cm³/mol. The van der Waals surface area contributed by atoms with Gasteiger partial charge in [-0.05, 0) is 6.07 Å². The van der Waals surface area contributed by atoms with Crippen molar-refractivity contribution in [2.75, 3.05) is 0 Å². The Balaban J connectivity index is 2.42. The maximum atomic E-state index is 8.88. The van der Waals surface area contributed by atoms with E-state index >= 15 is 0 Å². The average molecular weight is 186 g/mol. The first-order valence-corrected chi connectivity index (χ1v) is 4.38. The molecule has 1 N–H and O–H groups in total. The van der Waals surface area contributed by atoms with Gasteiger partial charge in [-0.1, -0.05) is 30.3 Å². The maximum absolute atomic E-state index is 8.88. The number of rotatable bonds is 2. The summed E-state index contributed by atoms with van der Waals surface area (Å²) >= 11 is 0. The van der Waals surface area contributed by atoms with E-state index in [2.05, 4.69) is 9.97 Å². The summed E-state index contributed by atoms with van der Waals surface area (Å²) in [6.07, 6.45) is 1.65. The monoisotopic (exact) mass is 186 g/mol. The summed E-state index contributed by atoms with van der Waals surface area (Å²) in [5.41, 5.74) is 1.87. The van der Waals surface area contributed by atoms with Crippen molar-refractivity contribution in [2.24, 2.45) is 0 Å². The van der Waals surface area contributed by atoms with Gasteiger partial charge in [-0.3, -0.25) is 0 Å². The fourth-order valence-electron chi connectivity index (χ4n) is 1.24. The summed E-state index contributed by atoms with van der Waals surface area (Å²) < 4.78 is 0. The number of aliphatic hydroxyl groups excluding tert-OH is 1. The average Bonchev–Trinajstić information content (AvgIpc) is 2.30. The largest absolute Gasteiger partial charge is 0.388 e. The zero-order chi connectivity index (χ0) is 9.80. The van der Waals surface area contributed by atoms with Crippen molar-refractivity contribution in [3.63, 3.8) is 0 Å². The topological polar surface area (TPSA) is 46.0 Å². The predicted octanol–water partition coefficient (Wildman–Crippen LogP) is 1.64. The maximum Gasteiger partial charge on any atom is 0.154 e. The van der Waals surface area contributed by atoms with Gasteiger partial charge in [0.05, 0.1) is 5.69 Å². The van der Waals surface area contributed by atoms with E-state index in [1.54, 1.807) is 6.20 Å². The highest BCUT2D eigenvalue weighted by Gasteiger charge is 1.99. The first kappa shape index (κ1) is 8.84. The summed E-state index contributed by atoms with van der Waals surface area (Å²) in [7, 11) is 0. The highest BCUT2D eigenvalue weighted by Crippen LogP contribution is 2.15. The van der Waals surface area contributed by atoms with Gasteiger partial charge in [0.15, 0.2) is 5.82 Å². The lowest BCUT2D eigenvalue weighted by molar-refractivity contribution is 0.271. The number of aromatic nitrogens is 2. The van der Waals surface area contributed by atoms with E-state index in [-0.39, 0.29) is 6.61 Å². The third-order valence-electron chi connectivity index (χ3n) is 1.92. The summed E-state index contributed by atoms with van der Waals surface area (Å²) in [5.74, 6) is 0.450. The Kier molecular flexibility index (Phi) is 2.51. The Labute approximate surface area is 82.1 Å². The molecule has 1 aromatic heterocycles. The van der Waals surface area contributed by atoms with Gasteiger partial charge in [-0.25, -0.2) is 9.97 Å². The summed E-state index contributed by atoms with van der Waals surface area (Å²) in [6.45, 7) is -0.124. The molecule has 1 heterocycles. The van der Waals surface area contributed by atoms with E-state index < -0.39 is 0 Å². The molecule has 0 spiro atoms. The molecule has 0 aliphatic heterocycles. The number of hydrogen-bond donors (Lipinski definition) is 1. The van der Waals surface area contributed by atoms with Crippen LogP contribution in [-0.4, -0.2) is 15.1 Å². The molecule has 0 aliphatic rings. The van der Waals surface area contributed by atoms with Crippen LogP contribution in [0.2, 0.25) is 0 Å². The van der Waals surface area contributed by atoms with Crippen molar-refractivity contribution in [1.29, 1.82) is 0 Å². The minimum absolute atomic E-state index is 0.124. The minimum Gasteiger partial charge on any atom is -0.388 e. The normalized spacial score (nSPS) is 10.1. The van der Waals surface area contributed by atoms with Crippen LogP contribution in [0.4, 0.5) is 0 Å². The van der Waals surface area contributed by atoms with Crippen molar-refractivity contribution in [1.82, 2.24) is 9.97 Å². The molecule has 70 valence electrons. The van der Waals surface area contributed by atoms with Gasteiger partial charge in [0.1, 0.15) is 6.61 Å². The van der Waals surface area contributed by atoms with Crippen molar-refractivity contribution < 1.29 is 5.11 Å². The quantitative estimate of drug-likeness (QED) is 0.775. The van der Waals surface area contributed by atoms with Gasteiger partial charge in [0.2, 0.25) is 0 Å². The molecule has 0 aliphatic carbocycles. The van der Waals surface area contributed by atoms with E-state index in [1.807, 2.05) is 36.4 Å². The van der Waals surface area contributed by atoms with Crippen molar-refractivity contribution >= 4 is 0 Å². The molecule has 1 aromatic carbocycles. The molecule has 0 radical (unpaired) electrons. The second-order valence-corrected chi connectivity index (χ2v) is 2.88. The number of aliphatic hydroxyl groups is 1. The molecule has 3 nitrogen and oxygen atoms in total. The lowest BCUT2D eigenvalue weighted by Gasteiger charge is -2.01. The van der Waals surface area contributed by atoms with Gasteiger partial charge in [-0.15, -0.1) is 0 Å². The van der Waals surface area contributed by atoms with Crippen LogP contribution in [0.5, 0.6) is 0 Å². The first-order chi connectivity index (χ1) is 6.90. The highest BCUT2D eigenvalue weighted by atomic mass is 16.3. The zero-order valence-electron chi connectivity index (χ0n) is 7.59. The summed E-state index contributed by atoms with van der Waals surface area (Å²) in [5, 5.41) is 8.88. The van der Waals surface area contributed by atoms with Crippen LogP contribution in [0.15, 0.2) is 42.6 Å². The smallest absolute Gasteiger partial charge is 0.154 e. The van der Waals surface area contributed by atoms with Crippen molar-refractivity contribution in [3.8, 4) is 11.3 Å². The highest BCUT2D eigenvalue weighted by molar-refractivity contribution is 5.58. The van der Waals surface area contributed by atoms with Crippen LogP contribution in [0.3, 0.4) is 0 Å². The van der Waals surface area contributed by atoms with Crippen molar-refractivity contribution in [2.45, 2.75) is 6.61 Å². The Morgan fingerprint density at radius 3 is 2.57 bits per heavy atom. The molecule has 0 atom stereocenters. The molecule has 0 amide bonds. The first-order valence-electron chi connectivity index (χ1n) is 4.38. The van der Waals surface area contributed by atoms with Gasteiger partial charge in [0.25, 0.3) is 0 Å². The van der Waals surface area contributed by atoms with E-state index in [4.69, 9.17) is 5.11 Å². The minimum atomic E-state index is -0.124. The molecule has 0 bridgehead atoms. The molecule has 0 unspecified atom stereocenters. The fourth-order valence-corrected chi connectivity index (χ4v) is 1.24. The van der Waals surface area contributed by atoms with Gasteiger partial charge >= 0.3 is 0 Å². The molecule has 0 saturated heterocycles. The van der Waals surface area contributed by atoms with E-state index in [0.29, 0.717) is 5.82 Å². The fraction of sp³-hybridized carbons (Fsp3) is 0.0909. The number of benzene rings is 1. The van der Waals surface area contributed by atoms with Crippen LogP contribution in [0.1, 0.15) is 5.82 Å². The van der Waals surface area contributed by atoms with Crippen molar-refractivity contribution in [3.05, 3.63) is 48.4 Å². The van der Waals surface area contributed by atoms with E-state index in [9.17, 15) is 0 Å². The number of nitrogens with zero attached hydrogens (tertiary/aromatic N) is 2. The SMILES string of the molecule is OCc1nccc(-c2ccccc2)n1. The number of hydrogen-bond acceptors (Lipinski definition) is 3. The molecule has 3 heteroatoms. The van der Waals surface area contributed by atoms with Crippen LogP contribution in [0.25, 0.3) is 11.3 Å². The lowest BCUT2D eigenvalue weighted by Crippen LogP contribution is -1.94. The molecule has 0 fully saturated rings. The zero-order valence-corrected chi connectivity index (χ0v) is 7.59. The second kappa shape index (κ2) is 3.98. The summed E-state index contributed by atoms with van der Waals surface area (Å²) in [6, 6.07) is 11.6.